The van der Waals surface area contributed by atoms with Crippen molar-refractivity contribution in [3.05, 3.63) is 54.2 Å². The van der Waals surface area contributed by atoms with E-state index in [0.29, 0.717) is 41.7 Å². The predicted molar refractivity (Wildman–Crippen MR) is 162 cm³/mol. The normalized spacial score (nSPS) is 18.8. The second-order valence-corrected chi connectivity index (χ2v) is 12.5. The summed E-state index contributed by atoms with van der Waals surface area (Å²) in [6.45, 7) is 8.11. The van der Waals surface area contributed by atoms with Crippen LogP contribution < -0.4 is 10.6 Å². The van der Waals surface area contributed by atoms with Gasteiger partial charge in [-0.15, -0.1) is 0 Å². The van der Waals surface area contributed by atoms with Gasteiger partial charge >= 0.3 is 6.18 Å². The number of piperidine rings is 1. The Morgan fingerprint density at radius 2 is 2.00 bits per heavy atom. The van der Waals surface area contributed by atoms with Crippen molar-refractivity contribution < 1.29 is 31.6 Å². The number of hydrogen-bond acceptors (Lipinski definition) is 7. The quantitative estimate of drug-likeness (QED) is 0.213. The highest BCUT2D eigenvalue weighted by Gasteiger charge is 2.35. The Morgan fingerprint density at radius 3 is 2.69 bits per heavy atom. The molecule has 45 heavy (non-hydrogen) atoms. The highest BCUT2D eigenvalue weighted by atomic mass is 19.4. The van der Waals surface area contributed by atoms with Crippen molar-refractivity contribution >= 4 is 22.5 Å². The van der Waals surface area contributed by atoms with E-state index < -0.39 is 24.9 Å². The number of nitrogens with one attached hydrogen (secondary N) is 2. The van der Waals surface area contributed by atoms with Gasteiger partial charge in [0.2, 0.25) is 11.7 Å². The van der Waals surface area contributed by atoms with E-state index in [1.54, 1.807) is 49.8 Å². The number of carbonyl (C=O) groups is 1. The minimum absolute atomic E-state index is 0.0265. The van der Waals surface area contributed by atoms with Crippen LogP contribution in [0.1, 0.15) is 56.4 Å². The van der Waals surface area contributed by atoms with Crippen LogP contribution in [0.2, 0.25) is 0 Å². The summed E-state index contributed by atoms with van der Waals surface area (Å²) < 4.78 is 69.9. The van der Waals surface area contributed by atoms with E-state index in [1.807, 2.05) is 32.3 Å². The van der Waals surface area contributed by atoms with Crippen LogP contribution in [-0.2, 0) is 17.8 Å². The van der Waals surface area contributed by atoms with E-state index in [1.165, 1.54) is 0 Å². The molecular formula is C31H39F4N7O3. The lowest BCUT2D eigenvalue weighted by atomic mass is 9.96. The lowest BCUT2D eigenvalue weighted by molar-refractivity contribution is -0.139. The third-order valence-electron chi connectivity index (χ3n) is 8.10. The van der Waals surface area contributed by atoms with Gasteiger partial charge in [-0.3, -0.25) is 9.69 Å². The van der Waals surface area contributed by atoms with Crippen LogP contribution in [-0.4, -0.2) is 80.8 Å². The number of anilines is 1. The Morgan fingerprint density at radius 1 is 1.22 bits per heavy atom. The number of ether oxygens (including phenoxy) is 1. The van der Waals surface area contributed by atoms with Gasteiger partial charge in [-0.1, -0.05) is 11.2 Å². The van der Waals surface area contributed by atoms with Gasteiger partial charge in [-0.2, -0.15) is 18.2 Å². The number of halogens is 4. The number of fused-ring (bicyclic) bond motifs is 1. The zero-order valence-corrected chi connectivity index (χ0v) is 26.0. The molecule has 244 valence electrons. The molecule has 1 aliphatic heterocycles. The lowest BCUT2D eigenvalue weighted by Gasteiger charge is -2.42. The second-order valence-electron chi connectivity index (χ2n) is 12.5. The van der Waals surface area contributed by atoms with Crippen LogP contribution in [0.25, 0.3) is 22.4 Å². The van der Waals surface area contributed by atoms with Crippen molar-refractivity contribution in [1.82, 2.24) is 29.5 Å². The van der Waals surface area contributed by atoms with Gasteiger partial charge in [0.05, 0.1) is 42.0 Å². The number of carbonyl (C=O) groups excluding carboxylic acids is 1. The molecule has 3 atom stereocenters. The first-order valence-electron chi connectivity index (χ1n) is 14.9. The van der Waals surface area contributed by atoms with Crippen molar-refractivity contribution in [2.45, 2.75) is 77.2 Å². The summed E-state index contributed by atoms with van der Waals surface area (Å²) in [6, 6.07) is 7.70. The number of methoxy groups -OCH3 is 1. The minimum atomic E-state index is -4.54. The summed E-state index contributed by atoms with van der Waals surface area (Å²) in [6.07, 6.45) is -1.69. The van der Waals surface area contributed by atoms with Crippen LogP contribution >= 0.6 is 0 Å². The number of benzene rings is 1. The highest BCUT2D eigenvalue weighted by molar-refractivity contribution is 5.96. The molecule has 10 nitrogen and oxygen atoms in total. The van der Waals surface area contributed by atoms with Crippen molar-refractivity contribution in [1.29, 1.82) is 0 Å². The van der Waals surface area contributed by atoms with Gasteiger partial charge in [0, 0.05) is 49.2 Å². The molecule has 0 spiro atoms. The Bertz CT molecular complexity index is 1620. The van der Waals surface area contributed by atoms with E-state index in [9.17, 15) is 18.0 Å². The zero-order valence-electron chi connectivity index (χ0n) is 26.0. The zero-order chi connectivity index (χ0) is 32.5. The molecule has 1 amide bonds. The average molecular weight is 634 g/mol. The molecule has 2 N–H and O–H groups in total. The van der Waals surface area contributed by atoms with Gasteiger partial charge in [-0.25, -0.2) is 4.39 Å². The summed E-state index contributed by atoms with van der Waals surface area (Å²) in [5.41, 5.74) is 1.15. The van der Waals surface area contributed by atoms with Crippen LogP contribution in [0, 0.1) is 0 Å². The third kappa shape index (κ3) is 7.50. The Kier molecular flexibility index (Phi) is 9.26. The molecule has 3 aromatic heterocycles. The van der Waals surface area contributed by atoms with Gasteiger partial charge in [0.25, 0.3) is 5.91 Å². The van der Waals surface area contributed by atoms with Gasteiger partial charge < -0.3 is 29.0 Å². The fourth-order valence-electron chi connectivity index (χ4n) is 5.66. The molecule has 0 radical (unpaired) electrons. The lowest BCUT2D eigenvalue weighted by Crippen LogP contribution is -2.54. The number of likely N-dealkylation sites (tertiary alicyclic amines) is 1. The second kappa shape index (κ2) is 12.8. The molecule has 4 heterocycles. The van der Waals surface area contributed by atoms with Gasteiger partial charge in [0.15, 0.2) is 0 Å². The maximum absolute atomic E-state index is 15.3. The van der Waals surface area contributed by atoms with Crippen molar-refractivity contribution in [2.75, 3.05) is 32.1 Å². The fraction of sp³-hybridized carbons (Fsp3) is 0.516. The number of hydrogen-bond donors (Lipinski definition) is 2. The first-order valence-corrected chi connectivity index (χ1v) is 14.9. The summed E-state index contributed by atoms with van der Waals surface area (Å²) in [5.74, 6) is -0.412. The van der Waals surface area contributed by atoms with Gasteiger partial charge in [-0.05, 0) is 58.4 Å². The minimum Gasteiger partial charge on any atom is -0.383 e. The topological polar surface area (TPSA) is 102 Å². The summed E-state index contributed by atoms with van der Waals surface area (Å²) in [5, 5.41) is 10.4. The van der Waals surface area contributed by atoms with Crippen LogP contribution in [0.15, 0.2) is 47.2 Å². The summed E-state index contributed by atoms with van der Waals surface area (Å²) in [7, 11) is 1.60. The molecule has 14 heteroatoms. The van der Waals surface area contributed by atoms with E-state index in [4.69, 9.17) is 9.26 Å². The van der Waals surface area contributed by atoms with E-state index in [0.717, 1.165) is 4.57 Å². The summed E-state index contributed by atoms with van der Waals surface area (Å²) in [4.78, 5) is 19.1. The van der Waals surface area contributed by atoms with Crippen LogP contribution in [0.4, 0.5) is 23.2 Å². The Hall–Kier alpha value is -3.91. The standard InChI is InChI=1S/C31H39F4N7O3/c1-19(17-44-5)40-11-9-20(15-40)29(43)36-14-27-38-28(39-45-27)26-13-21-23(7-6-8-25(21)42(26)18-31(33,34)35)37-24-10-12-41(16-22(24)32)30(2,3)4/h6-9,11,13,15,19,22,24,37H,10,12,14,16-18H2,1-5H3,(H,36,43)/t19?,22-,24-/m1/s1. The third-order valence-corrected chi connectivity index (χ3v) is 8.10. The molecule has 0 aliphatic carbocycles. The Labute approximate surface area is 258 Å². The number of nitrogens with zero attached hydrogens (tertiary/aromatic N) is 5. The first-order chi connectivity index (χ1) is 21.2. The molecule has 1 aliphatic rings. The molecule has 5 rings (SSSR count). The van der Waals surface area contributed by atoms with Crippen molar-refractivity contribution in [2.24, 2.45) is 0 Å². The number of rotatable bonds is 10. The predicted octanol–water partition coefficient (Wildman–Crippen LogP) is 5.82. The van der Waals surface area contributed by atoms with Gasteiger partial charge in [0.1, 0.15) is 12.7 Å². The van der Waals surface area contributed by atoms with E-state index >= 15 is 4.39 Å². The maximum Gasteiger partial charge on any atom is 0.406 e. The maximum atomic E-state index is 15.3. The van der Waals surface area contributed by atoms with Crippen LogP contribution in [0.5, 0.6) is 0 Å². The number of aromatic nitrogens is 4. The Balaban J connectivity index is 1.36. The molecule has 1 unspecified atom stereocenters. The first kappa shape index (κ1) is 32.5. The fourth-order valence-corrected chi connectivity index (χ4v) is 5.66. The monoisotopic (exact) mass is 633 g/mol. The molecule has 1 fully saturated rings. The molecular weight excluding hydrogens is 594 g/mol. The molecule has 0 saturated carbocycles. The van der Waals surface area contributed by atoms with E-state index in [2.05, 4.69) is 25.7 Å². The molecule has 4 aromatic rings. The number of alkyl halides is 4. The van der Waals surface area contributed by atoms with Crippen molar-refractivity contribution in [3.63, 3.8) is 0 Å². The smallest absolute Gasteiger partial charge is 0.383 e. The summed E-state index contributed by atoms with van der Waals surface area (Å²) >= 11 is 0. The molecule has 1 aromatic carbocycles. The number of amides is 1. The SMILES string of the molecule is COCC(C)n1ccc(C(=O)NCc2nc(-c3cc4c(N[C@@H]5CCN(C(C)(C)C)C[C@H]5F)cccc4n3CC(F)(F)F)no2)c1. The van der Waals surface area contributed by atoms with Crippen molar-refractivity contribution in [3.8, 4) is 11.5 Å². The highest BCUT2D eigenvalue weighted by Crippen LogP contribution is 2.35. The average Bonchev–Trinajstić information content (AvgIpc) is 3.71. The van der Waals surface area contributed by atoms with E-state index in [-0.39, 0.29) is 48.0 Å². The van der Waals surface area contributed by atoms with Crippen LogP contribution in [0.3, 0.4) is 0 Å². The molecule has 0 bridgehead atoms. The molecule has 1 saturated heterocycles. The largest absolute Gasteiger partial charge is 0.406 e.